The van der Waals surface area contributed by atoms with Gasteiger partial charge in [0.25, 0.3) is 0 Å². The predicted octanol–water partition coefficient (Wildman–Crippen LogP) is 1.80. The van der Waals surface area contributed by atoms with Crippen molar-refractivity contribution in [2.75, 3.05) is 6.54 Å². The zero-order chi connectivity index (χ0) is 29.3. The first kappa shape index (κ1) is 42.3. The molecule has 42 heavy (non-hydrogen) atoms. The Morgan fingerprint density at radius 3 is 1.74 bits per heavy atom. The number of rotatable bonds is 23. The third kappa shape index (κ3) is 16.0. The molecule has 0 aliphatic heterocycles. The molecule has 0 saturated carbocycles. The minimum Gasteiger partial charge on any atom is -0.777 e. The van der Waals surface area contributed by atoms with Crippen molar-refractivity contribution in [1.29, 1.82) is 0 Å². The quantitative estimate of drug-likeness (QED) is 0.116. The molecule has 2 aromatic rings. The summed E-state index contributed by atoms with van der Waals surface area (Å²) in [5, 5.41) is 16.3. The summed E-state index contributed by atoms with van der Waals surface area (Å²) in [6.45, 7) is 5.15. The standard InChI is InChI=1S/C33H54NO5P.2Na/c1-4-5-6-7-8-9-10-11-12-13-14-15-16-17-18-21-27-34-31(40(37,38)39-33(2,3)32(35)36)30-26-22-24-28-23-19-20-25-29(28)30;;/h19-20,22-26,31,34H,4-18,21,27H2,1-3H3,(H,35,36)(H,37,38);;/q;2*+1/p-2. The molecular weight excluding hydrogens is 567 g/mol. The van der Waals surface area contributed by atoms with E-state index in [1.54, 1.807) is 6.07 Å². The molecular formula is C33H52NNa2O5P. The van der Waals surface area contributed by atoms with E-state index in [0.29, 0.717) is 12.1 Å². The largest absolute Gasteiger partial charge is 1.00 e. The van der Waals surface area contributed by atoms with Gasteiger partial charge in [-0.05, 0) is 43.1 Å². The van der Waals surface area contributed by atoms with Gasteiger partial charge in [0.2, 0.25) is 0 Å². The SMILES string of the molecule is CCCCCCCCCCCCCCCCCCNC(c1cccc2ccccc12)P(=O)([O-])OC(C)(C)C(=O)[O-].[Na+].[Na+]. The topological polar surface area (TPSA) is 102 Å². The van der Waals surface area contributed by atoms with Crippen LogP contribution in [0.2, 0.25) is 0 Å². The number of carbonyl (C=O) groups is 1. The van der Waals surface area contributed by atoms with E-state index in [9.17, 15) is 19.4 Å². The molecule has 2 aromatic carbocycles. The summed E-state index contributed by atoms with van der Waals surface area (Å²) >= 11 is 0. The number of carbonyl (C=O) groups excluding carboxylic acids is 1. The zero-order valence-electron chi connectivity index (χ0n) is 27.1. The number of hydrogen-bond acceptors (Lipinski definition) is 6. The fourth-order valence-electron chi connectivity index (χ4n) is 5.20. The fraction of sp³-hybridized carbons (Fsp3) is 0.667. The minimum atomic E-state index is -4.68. The van der Waals surface area contributed by atoms with Crippen LogP contribution in [-0.2, 0) is 13.9 Å². The van der Waals surface area contributed by atoms with Gasteiger partial charge in [-0.25, -0.2) is 0 Å². The molecule has 0 aliphatic rings. The van der Waals surface area contributed by atoms with E-state index in [4.69, 9.17) is 4.52 Å². The van der Waals surface area contributed by atoms with E-state index in [1.165, 1.54) is 97.3 Å². The molecule has 2 atom stereocenters. The van der Waals surface area contributed by atoms with E-state index in [2.05, 4.69) is 12.2 Å². The Labute approximate surface area is 299 Å². The van der Waals surface area contributed by atoms with Crippen LogP contribution in [0.15, 0.2) is 42.5 Å². The van der Waals surface area contributed by atoms with Crippen molar-refractivity contribution in [3.8, 4) is 0 Å². The first-order valence-electron chi connectivity index (χ1n) is 15.6. The second kappa shape index (κ2) is 23.6. The molecule has 0 aromatic heterocycles. The van der Waals surface area contributed by atoms with E-state index in [0.717, 1.165) is 30.0 Å². The van der Waals surface area contributed by atoms with Gasteiger partial charge in [0, 0.05) is 0 Å². The van der Waals surface area contributed by atoms with Crippen LogP contribution in [0.4, 0.5) is 0 Å². The number of nitrogens with one attached hydrogen (secondary N) is 1. The van der Waals surface area contributed by atoms with Crippen molar-refractivity contribution in [2.24, 2.45) is 0 Å². The van der Waals surface area contributed by atoms with Crippen LogP contribution in [0.1, 0.15) is 135 Å². The summed E-state index contributed by atoms with van der Waals surface area (Å²) in [4.78, 5) is 24.8. The Hall–Kier alpha value is 0.280. The number of hydrogen-bond donors (Lipinski definition) is 1. The van der Waals surface area contributed by atoms with Crippen LogP contribution in [0.5, 0.6) is 0 Å². The Balaban J connectivity index is 0.00000840. The van der Waals surface area contributed by atoms with E-state index >= 15 is 0 Å². The van der Waals surface area contributed by atoms with Crippen LogP contribution in [0.25, 0.3) is 10.8 Å². The van der Waals surface area contributed by atoms with Crippen LogP contribution in [0, 0.1) is 0 Å². The summed E-state index contributed by atoms with van der Waals surface area (Å²) < 4.78 is 18.6. The van der Waals surface area contributed by atoms with Gasteiger partial charge in [0.15, 0.2) is 7.60 Å². The summed E-state index contributed by atoms with van der Waals surface area (Å²) in [5.74, 6) is -2.73. The first-order valence-corrected chi connectivity index (χ1v) is 17.2. The van der Waals surface area contributed by atoms with Crippen LogP contribution < -0.4 is 74.4 Å². The van der Waals surface area contributed by atoms with E-state index in [1.807, 2.05) is 36.4 Å². The Morgan fingerprint density at radius 1 is 0.786 bits per heavy atom. The Bertz CT molecular complexity index is 1050. The van der Waals surface area contributed by atoms with Crippen LogP contribution in [0.3, 0.4) is 0 Å². The van der Waals surface area contributed by atoms with Gasteiger partial charge in [-0.1, -0.05) is 146 Å². The molecule has 2 rings (SSSR count). The second-order valence-electron chi connectivity index (χ2n) is 11.7. The van der Waals surface area contributed by atoms with Crippen molar-refractivity contribution in [3.63, 3.8) is 0 Å². The maximum absolute atomic E-state index is 13.3. The van der Waals surface area contributed by atoms with Gasteiger partial charge in [0.05, 0.1) is 11.8 Å². The molecule has 0 bridgehead atoms. The second-order valence-corrected chi connectivity index (χ2v) is 13.4. The molecule has 0 amide bonds. The van der Waals surface area contributed by atoms with Crippen molar-refractivity contribution in [2.45, 2.75) is 135 Å². The minimum absolute atomic E-state index is 0. The molecule has 2 unspecified atom stereocenters. The first-order chi connectivity index (χ1) is 19.2. The summed E-state index contributed by atoms with van der Waals surface area (Å²) in [5.41, 5.74) is -1.40. The van der Waals surface area contributed by atoms with Gasteiger partial charge >= 0.3 is 59.1 Å². The molecule has 9 heteroatoms. The van der Waals surface area contributed by atoms with Crippen molar-refractivity contribution >= 4 is 24.3 Å². The van der Waals surface area contributed by atoms with Crippen LogP contribution >= 0.6 is 7.60 Å². The molecule has 0 radical (unpaired) electrons. The predicted molar refractivity (Wildman–Crippen MR) is 162 cm³/mol. The van der Waals surface area contributed by atoms with Gasteiger partial charge in [-0.15, -0.1) is 0 Å². The molecule has 226 valence electrons. The van der Waals surface area contributed by atoms with Crippen LogP contribution in [-0.4, -0.2) is 18.1 Å². The summed E-state index contributed by atoms with van der Waals surface area (Å²) in [7, 11) is -4.68. The third-order valence-electron chi connectivity index (χ3n) is 7.65. The Morgan fingerprint density at radius 2 is 1.24 bits per heavy atom. The zero-order valence-corrected chi connectivity index (χ0v) is 32.0. The third-order valence-corrected chi connectivity index (χ3v) is 9.45. The number of fused-ring (bicyclic) bond motifs is 1. The monoisotopic (exact) mass is 619 g/mol. The van der Waals surface area contributed by atoms with E-state index < -0.39 is 24.9 Å². The summed E-state index contributed by atoms with van der Waals surface area (Å²) in [6, 6.07) is 13.1. The maximum Gasteiger partial charge on any atom is 1.00 e. The average Bonchev–Trinajstić information content (AvgIpc) is 2.91. The smallest absolute Gasteiger partial charge is 0.777 e. The molecule has 0 fully saturated rings. The number of aliphatic carboxylic acids is 1. The van der Waals surface area contributed by atoms with Gasteiger partial charge < -0.3 is 29.2 Å². The van der Waals surface area contributed by atoms with E-state index in [-0.39, 0.29) is 59.1 Å². The molecule has 0 heterocycles. The number of carboxylic acids is 1. The van der Waals surface area contributed by atoms with Gasteiger partial charge in [-0.3, -0.25) is 0 Å². The summed E-state index contributed by atoms with van der Waals surface area (Å²) in [6.07, 6.45) is 20.4. The van der Waals surface area contributed by atoms with Crippen molar-refractivity contribution < 1.29 is 83.0 Å². The van der Waals surface area contributed by atoms with Gasteiger partial charge in [0.1, 0.15) is 5.60 Å². The normalized spacial score (nSPS) is 13.6. The fourth-order valence-corrected chi connectivity index (χ4v) is 6.94. The average molecular weight is 620 g/mol. The number of unbranched alkanes of at least 4 members (excludes halogenated alkanes) is 15. The van der Waals surface area contributed by atoms with Crippen molar-refractivity contribution in [3.05, 3.63) is 48.0 Å². The number of benzene rings is 2. The maximum atomic E-state index is 13.3. The number of carboxylic acid groups (broad SMARTS) is 1. The Kier molecular flexibility index (Phi) is 23.8. The molecule has 6 nitrogen and oxygen atoms in total. The van der Waals surface area contributed by atoms with Crippen molar-refractivity contribution in [1.82, 2.24) is 5.32 Å². The molecule has 1 N–H and O–H groups in total. The molecule has 0 spiro atoms. The van der Waals surface area contributed by atoms with Gasteiger partial charge in [-0.2, -0.15) is 0 Å². The molecule has 0 saturated heterocycles. The molecule has 0 aliphatic carbocycles.